The molecule has 2 aromatic rings. The molecule has 110 valence electrons. The van der Waals surface area contributed by atoms with Gasteiger partial charge in [0.2, 0.25) is 0 Å². The Morgan fingerprint density at radius 1 is 1.14 bits per heavy atom. The standard InChI is InChI=1S/C17H21N3O/c1-11-16(13-6-5-9-18-10-13)12(2)20-17(19-11)14-7-3-4-8-15(14)21/h3-4,7-8,13,18,21H,5-6,9-10H2,1-2H3. The molecule has 0 amide bonds. The van der Waals surface area contributed by atoms with Gasteiger partial charge in [-0.2, -0.15) is 0 Å². The van der Waals surface area contributed by atoms with Gasteiger partial charge < -0.3 is 10.4 Å². The lowest BCUT2D eigenvalue weighted by Crippen LogP contribution is -2.29. The van der Waals surface area contributed by atoms with E-state index in [1.54, 1.807) is 12.1 Å². The molecule has 1 saturated heterocycles. The SMILES string of the molecule is Cc1nc(-c2ccccc2O)nc(C)c1C1CCCNC1. The maximum Gasteiger partial charge on any atom is 0.163 e. The molecule has 0 bridgehead atoms. The third-order valence-electron chi connectivity index (χ3n) is 4.18. The van der Waals surface area contributed by atoms with E-state index in [9.17, 15) is 5.11 Å². The molecule has 1 unspecified atom stereocenters. The first-order valence-corrected chi connectivity index (χ1v) is 7.51. The molecule has 4 heteroatoms. The Kier molecular flexibility index (Phi) is 3.88. The monoisotopic (exact) mass is 283 g/mol. The Hall–Kier alpha value is -1.94. The molecule has 0 spiro atoms. The van der Waals surface area contributed by atoms with Gasteiger partial charge in [0.05, 0.1) is 5.56 Å². The minimum absolute atomic E-state index is 0.225. The topological polar surface area (TPSA) is 58.0 Å². The summed E-state index contributed by atoms with van der Waals surface area (Å²) >= 11 is 0. The molecule has 1 aromatic heterocycles. The lowest BCUT2D eigenvalue weighted by atomic mass is 9.89. The van der Waals surface area contributed by atoms with Crippen LogP contribution < -0.4 is 5.32 Å². The first kappa shape index (κ1) is 14.0. The fourth-order valence-corrected chi connectivity index (χ4v) is 3.20. The number of benzene rings is 1. The average molecular weight is 283 g/mol. The van der Waals surface area contributed by atoms with Gasteiger partial charge >= 0.3 is 0 Å². The summed E-state index contributed by atoms with van der Waals surface area (Å²) in [6, 6.07) is 7.22. The van der Waals surface area contributed by atoms with Gasteiger partial charge in [-0.25, -0.2) is 9.97 Å². The lowest BCUT2D eigenvalue weighted by molar-refractivity contribution is 0.456. The van der Waals surface area contributed by atoms with Gasteiger partial charge in [0.1, 0.15) is 5.75 Å². The van der Waals surface area contributed by atoms with Crippen molar-refractivity contribution in [2.45, 2.75) is 32.6 Å². The molecular weight excluding hydrogens is 262 g/mol. The molecule has 1 fully saturated rings. The largest absolute Gasteiger partial charge is 0.507 e. The normalized spacial score (nSPS) is 18.7. The van der Waals surface area contributed by atoms with Crippen LogP contribution in [0.5, 0.6) is 5.75 Å². The second-order valence-electron chi connectivity index (χ2n) is 5.69. The van der Waals surface area contributed by atoms with E-state index in [0.29, 0.717) is 17.3 Å². The summed E-state index contributed by atoms with van der Waals surface area (Å²) in [4.78, 5) is 9.28. The number of hydrogen-bond donors (Lipinski definition) is 2. The zero-order chi connectivity index (χ0) is 14.8. The van der Waals surface area contributed by atoms with Crippen LogP contribution >= 0.6 is 0 Å². The number of aromatic nitrogens is 2. The van der Waals surface area contributed by atoms with Crippen LogP contribution in [0.4, 0.5) is 0 Å². The van der Waals surface area contributed by atoms with Crippen LogP contribution in [0.25, 0.3) is 11.4 Å². The number of para-hydroxylation sites is 1. The Labute approximate surface area is 125 Å². The highest BCUT2D eigenvalue weighted by Crippen LogP contribution is 2.31. The summed E-state index contributed by atoms with van der Waals surface area (Å²) in [6.45, 7) is 6.19. The van der Waals surface area contributed by atoms with Crippen LogP contribution in [0.15, 0.2) is 24.3 Å². The minimum atomic E-state index is 0.225. The molecule has 0 aliphatic carbocycles. The molecule has 21 heavy (non-hydrogen) atoms. The summed E-state index contributed by atoms with van der Waals surface area (Å²) in [5.74, 6) is 1.33. The number of phenolic OH excluding ortho intramolecular Hbond substituents is 1. The predicted octanol–water partition coefficient (Wildman–Crippen LogP) is 2.93. The Balaban J connectivity index is 2.02. The summed E-state index contributed by atoms with van der Waals surface area (Å²) in [7, 11) is 0. The van der Waals surface area contributed by atoms with Crippen molar-refractivity contribution in [2.24, 2.45) is 0 Å². The fourth-order valence-electron chi connectivity index (χ4n) is 3.20. The summed E-state index contributed by atoms with van der Waals surface area (Å²) < 4.78 is 0. The van der Waals surface area contributed by atoms with E-state index >= 15 is 0 Å². The molecule has 1 aliphatic rings. The number of aromatic hydroxyl groups is 1. The molecule has 1 aliphatic heterocycles. The zero-order valence-electron chi connectivity index (χ0n) is 12.6. The van der Waals surface area contributed by atoms with Crippen molar-refractivity contribution in [3.8, 4) is 17.1 Å². The van der Waals surface area contributed by atoms with Gasteiger partial charge in [-0.3, -0.25) is 0 Å². The average Bonchev–Trinajstić information content (AvgIpc) is 2.48. The molecule has 4 nitrogen and oxygen atoms in total. The van der Waals surface area contributed by atoms with Gasteiger partial charge in [0.25, 0.3) is 0 Å². The minimum Gasteiger partial charge on any atom is -0.507 e. The van der Waals surface area contributed by atoms with Crippen molar-refractivity contribution in [1.29, 1.82) is 0 Å². The molecule has 1 aromatic carbocycles. The van der Waals surface area contributed by atoms with E-state index in [-0.39, 0.29) is 5.75 Å². The van der Waals surface area contributed by atoms with E-state index in [2.05, 4.69) is 15.3 Å². The number of nitrogens with one attached hydrogen (secondary N) is 1. The third-order valence-corrected chi connectivity index (χ3v) is 4.18. The quantitative estimate of drug-likeness (QED) is 0.889. The van der Waals surface area contributed by atoms with E-state index in [4.69, 9.17) is 0 Å². The van der Waals surface area contributed by atoms with Gasteiger partial charge in [0, 0.05) is 17.9 Å². The van der Waals surface area contributed by atoms with Gasteiger partial charge in [-0.15, -0.1) is 0 Å². The van der Waals surface area contributed by atoms with Gasteiger partial charge in [-0.1, -0.05) is 12.1 Å². The number of aryl methyl sites for hydroxylation is 2. The number of hydrogen-bond acceptors (Lipinski definition) is 4. The van der Waals surface area contributed by atoms with Crippen molar-refractivity contribution in [1.82, 2.24) is 15.3 Å². The van der Waals surface area contributed by atoms with E-state index in [0.717, 1.165) is 24.5 Å². The van der Waals surface area contributed by atoms with Crippen LogP contribution in [0.3, 0.4) is 0 Å². The molecule has 0 radical (unpaired) electrons. The second-order valence-corrected chi connectivity index (χ2v) is 5.69. The van der Waals surface area contributed by atoms with Gasteiger partial charge in [0.15, 0.2) is 5.82 Å². The highest BCUT2D eigenvalue weighted by Gasteiger charge is 2.21. The van der Waals surface area contributed by atoms with E-state index in [1.807, 2.05) is 26.0 Å². The van der Waals surface area contributed by atoms with E-state index < -0.39 is 0 Å². The Morgan fingerprint density at radius 2 is 1.86 bits per heavy atom. The Morgan fingerprint density at radius 3 is 2.48 bits per heavy atom. The van der Waals surface area contributed by atoms with Crippen molar-refractivity contribution < 1.29 is 5.11 Å². The smallest absolute Gasteiger partial charge is 0.163 e. The number of nitrogens with zero attached hydrogens (tertiary/aromatic N) is 2. The summed E-state index contributed by atoms with van der Waals surface area (Å²) in [5, 5.41) is 13.4. The molecule has 3 rings (SSSR count). The fraction of sp³-hybridized carbons (Fsp3) is 0.412. The maximum absolute atomic E-state index is 9.97. The van der Waals surface area contributed by atoms with Crippen LogP contribution in [0.1, 0.15) is 35.7 Å². The van der Waals surface area contributed by atoms with Crippen molar-refractivity contribution >= 4 is 0 Å². The van der Waals surface area contributed by atoms with Gasteiger partial charge in [-0.05, 0) is 56.8 Å². The highest BCUT2D eigenvalue weighted by atomic mass is 16.3. The van der Waals surface area contributed by atoms with Crippen molar-refractivity contribution in [2.75, 3.05) is 13.1 Å². The van der Waals surface area contributed by atoms with Crippen LogP contribution in [0.2, 0.25) is 0 Å². The molecular formula is C17H21N3O. The number of piperidine rings is 1. The lowest BCUT2D eigenvalue weighted by Gasteiger charge is -2.25. The highest BCUT2D eigenvalue weighted by molar-refractivity contribution is 5.63. The third kappa shape index (κ3) is 2.76. The van der Waals surface area contributed by atoms with Crippen LogP contribution in [-0.2, 0) is 0 Å². The second kappa shape index (κ2) is 5.82. The Bertz CT molecular complexity index is 625. The first-order valence-electron chi connectivity index (χ1n) is 7.51. The summed E-state index contributed by atoms with van der Waals surface area (Å²) in [6.07, 6.45) is 2.39. The molecule has 0 saturated carbocycles. The zero-order valence-corrected chi connectivity index (χ0v) is 12.6. The summed E-state index contributed by atoms with van der Waals surface area (Å²) in [5.41, 5.74) is 4.00. The molecule has 2 heterocycles. The first-order chi connectivity index (χ1) is 10.2. The van der Waals surface area contributed by atoms with Crippen LogP contribution in [0, 0.1) is 13.8 Å². The van der Waals surface area contributed by atoms with Crippen molar-refractivity contribution in [3.05, 3.63) is 41.2 Å². The number of rotatable bonds is 2. The van der Waals surface area contributed by atoms with E-state index in [1.165, 1.54) is 18.4 Å². The molecule has 1 atom stereocenters. The predicted molar refractivity (Wildman–Crippen MR) is 83.5 cm³/mol. The maximum atomic E-state index is 9.97. The number of phenols is 1. The molecule has 2 N–H and O–H groups in total. The van der Waals surface area contributed by atoms with Crippen molar-refractivity contribution in [3.63, 3.8) is 0 Å². The van der Waals surface area contributed by atoms with Crippen LogP contribution in [-0.4, -0.2) is 28.2 Å².